The van der Waals surface area contributed by atoms with Gasteiger partial charge in [0.05, 0.1) is 23.0 Å². The molecule has 3 aromatic rings. The van der Waals surface area contributed by atoms with E-state index in [0.29, 0.717) is 27.4 Å². The van der Waals surface area contributed by atoms with E-state index in [1.807, 2.05) is 19.9 Å². The average molecular weight is 443 g/mol. The Morgan fingerprint density at radius 1 is 1.20 bits per heavy atom. The first kappa shape index (κ1) is 21.6. The molecule has 0 bridgehead atoms. The highest BCUT2D eigenvalue weighted by atomic mass is 35.5. The van der Waals surface area contributed by atoms with Gasteiger partial charge in [-0.2, -0.15) is 13.7 Å². The number of carbonyl (C=O) groups excluding carboxylic acids is 1. The second kappa shape index (κ2) is 8.32. The number of hydrogen-bond acceptors (Lipinski definition) is 4. The maximum Gasteiger partial charge on any atom is 0.296 e. The highest BCUT2D eigenvalue weighted by Crippen LogP contribution is 2.30. The number of rotatable bonds is 6. The summed E-state index contributed by atoms with van der Waals surface area (Å²) in [5, 5.41) is 15.1. The molecule has 30 heavy (non-hydrogen) atoms. The van der Waals surface area contributed by atoms with Crippen molar-refractivity contribution in [2.24, 2.45) is 5.14 Å². The van der Waals surface area contributed by atoms with Gasteiger partial charge >= 0.3 is 0 Å². The van der Waals surface area contributed by atoms with Crippen molar-refractivity contribution in [2.45, 2.75) is 19.8 Å². The summed E-state index contributed by atoms with van der Waals surface area (Å²) in [6, 6.07) is 15.2. The zero-order chi connectivity index (χ0) is 22.1. The van der Waals surface area contributed by atoms with Crippen molar-refractivity contribution in [1.29, 1.82) is 5.26 Å². The summed E-state index contributed by atoms with van der Waals surface area (Å²) in [4.78, 5) is 16.0. The third kappa shape index (κ3) is 4.71. The van der Waals surface area contributed by atoms with Crippen LogP contribution in [-0.2, 0) is 10.2 Å². The fourth-order valence-corrected chi connectivity index (χ4v) is 3.81. The van der Waals surface area contributed by atoms with Crippen LogP contribution in [0.15, 0.2) is 48.5 Å². The molecule has 1 atom stereocenters. The van der Waals surface area contributed by atoms with Crippen LogP contribution in [0.4, 0.5) is 5.69 Å². The number of benzene rings is 2. The summed E-state index contributed by atoms with van der Waals surface area (Å²) in [7, 11) is -3.94. The van der Waals surface area contributed by atoms with Crippen LogP contribution in [0.25, 0.3) is 0 Å². The third-order valence-corrected chi connectivity index (χ3v) is 5.51. The van der Waals surface area contributed by atoms with E-state index in [2.05, 4.69) is 15.8 Å². The van der Waals surface area contributed by atoms with Crippen LogP contribution in [0.2, 0.25) is 5.02 Å². The van der Waals surface area contributed by atoms with Gasteiger partial charge in [0.15, 0.2) is 0 Å². The predicted octanol–water partition coefficient (Wildman–Crippen LogP) is 3.85. The van der Waals surface area contributed by atoms with Crippen LogP contribution in [0.3, 0.4) is 0 Å². The van der Waals surface area contributed by atoms with E-state index >= 15 is 0 Å². The van der Waals surface area contributed by atoms with Gasteiger partial charge in [-0.25, -0.2) is 5.14 Å². The lowest BCUT2D eigenvalue weighted by Gasteiger charge is -2.14. The molecular formula is C21H19ClN4O3S. The summed E-state index contributed by atoms with van der Waals surface area (Å²) in [6.45, 7) is 3.73. The van der Waals surface area contributed by atoms with E-state index in [4.69, 9.17) is 16.7 Å². The summed E-state index contributed by atoms with van der Waals surface area (Å²) in [5.74, 6) is -0.399. The lowest BCUT2D eigenvalue weighted by molar-refractivity contribution is 0.103. The number of hydrogen-bond donors (Lipinski definition) is 3. The molecule has 1 aromatic heterocycles. The van der Waals surface area contributed by atoms with Gasteiger partial charge in [0.1, 0.15) is 0 Å². The molecule has 0 fully saturated rings. The molecule has 0 aliphatic heterocycles. The van der Waals surface area contributed by atoms with Crippen LogP contribution in [0.1, 0.15) is 51.3 Å². The van der Waals surface area contributed by atoms with E-state index in [9.17, 15) is 18.5 Å². The molecule has 4 N–H and O–H groups in total. The first-order chi connectivity index (χ1) is 14.1. The largest absolute Gasteiger partial charge is 0.355 e. The highest BCUT2D eigenvalue weighted by molar-refractivity contribution is 7.90. The summed E-state index contributed by atoms with van der Waals surface area (Å²) in [5.41, 5.74) is 3.70. The van der Waals surface area contributed by atoms with Crippen molar-refractivity contribution < 1.29 is 13.2 Å². The number of ketones is 1. The third-order valence-electron chi connectivity index (χ3n) is 4.74. The summed E-state index contributed by atoms with van der Waals surface area (Å²) < 4.78 is 24.6. The van der Waals surface area contributed by atoms with Gasteiger partial charge in [-0.05, 0) is 60.5 Å². The number of aryl methyl sites for hydroxylation is 1. The van der Waals surface area contributed by atoms with Crippen LogP contribution < -0.4 is 9.86 Å². The Kier molecular flexibility index (Phi) is 5.99. The van der Waals surface area contributed by atoms with E-state index in [1.54, 1.807) is 30.3 Å². The molecular weight excluding hydrogens is 424 g/mol. The van der Waals surface area contributed by atoms with E-state index < -0.39 is 10.2 Å². The van der Waals surface area contributed by atoms with Gasteiger partial charge in [-0.1, -0.05) is 24.6 Å². The van der Waals surface area contributed by atoms with Gasteiger partial charge in [-0.3, -0.25) is 9.52 Å². The fourth-order valence-electron chi connectivity index (χ4n) is 3.23. The molecule has 9 heteroatoms. The zero-order valence-corrected chi connectivity index (χ0v) is 17.8. The topological polar surface area (TPSA) is 129 Å². The van der Waals surface area contributed by atoms with Crippen LogP contribution in [0.5, 0.6) is 0 Å². The van der Waals surface area contributed by atoms with E-state index in [1.165, 1.54) is 12.1 Å². The Morgan fingerprint density at radius 2 is 1.87 bits per heavy atom. The van der Waals surface area contributed by atoms with Crippen LogP contribution in [-0.4, -0.2) is 19.2 Å². The Hall–Kier alpha value is -3.12. The quantitative estimate of drug-likeness (QED) is 0.500. The molecule has 0 radical (unpaired) electrons. The van der Waals surface area contributed by atoms with Crippen molar-refractivity contribution in [3.63, 3.8) is 0 Å². The number of aromatic nitrogens is 1. The van der Waals surface area contributed by atoms with Crippen molar-refractivity contribution >= 4 is 33.3 Å². The number of nitrogens with zero attached hydrogens (tertiary/aromatic N) is 1. The molecule has 3 rings (SSSR count). The molecule has 1 unspecified atom stereocenters. The molecule has 0 saturated carbocycles. The minimum absolute atomic E-state index is 0.157. The maximum absolute atomic E-state index is 12.8. The Morgan fingerprint density at radius 3 is 2.47 bits per heavy atom. The number of nitriles is 1. The Bertz CT molecular complexity index is 1260. The van der Waals surface area contributed by atoms with Crippen molar-refractivity contribution in [3.8, 4) is 6.07 Å². The van der Waals surface area contributed by atoms with Crippen molar-refractivity contribution in [1.82, 2.24) is 4.98 Å². The lowest BCUT2D eigenvalue weighted by atomic mass is 9.93. The van der Waals surface area contributed by atoms with Crippen molar-refractivity contribution in [2.75, 3.05) is 4.72 Å². The second-order valence-corrected chi connectivity index (χ2v) is 8.63. The van der Waals surface area contributed by atoms with Gasteiger partial charge in [-0.15, -0.1) is 0 Å². The van der Waals surface area contributed by atoms with Crippen LogP contribution in [0, 0.1) is 18.3 Å². The number of halogens is 1. The minimum atomic E-state index is -3.94. The van der Waals surface area contributed by atoms with Crippen molar-refractivity contribution in [3.05, 3.63) is 87.2 Å². The normalized spacial score (nSPS) is 12.2. The Balaban J connectivity index is 1.94. The van der Waals surface area contributed by atoms with E-state index in [0.717, 1.165) is 11.3 Å². The molecule has 2 aromatic carbocycles. The number of carbonyl (C=O) groups is 1. The maximum atomic E-state index is 12.8. The number of aromatic amines is 1. The lowest BCUT2D eigenvalue weighted by Crippen LogP contribution is -2.21. The zero-order valence-electron chi connectivity index (χ0n) is 16.2. The van der Waals surface area contributed by atoms with E-state index in [-0.39, 0.29) is 17.4 Å². The molecule has 0 saturated heterocycles. The molecule has 1 heterocycles. The van der Waals surface area contributed by atoms with Gasteiger partial charge in [0, 0.05) is 22.2 Å². The smallest absolute Gasteiger partial charge is 0.296 e. The summed E-state index contributed by atoms with van der Waals surface area (Å²) >= 11 is 5.89. The standard InChI is InChI=1S/C21H19ClN4O3S/c1-12-9-19(25-20(12)21(27)14-3-5-16(22)6-4-14)13(2)18-8-7-17(10-15(18)11-23)26-30(24,28)29/h3-10,13,25-26H,1-2H3,(H2,24,28,29). The number of nitrogens with two attached hydrogens (primary N) is 1. The van der Waals surface area contributed by atoms with Gasteiger partial charge in [0.2, 0.25) is 5.78 Å². The summed E-state index contributed by atoms with van der Waals surface area (Å²) in [6.07, 6.45) is 0. The molecule has 0 aliphatic rings. The SMILES string of the molecule is Cc1cc(C(C)c2ccc(NS(N)(=O)=O)cc2C#N)[nH]c1C(=O)c1ccc(Cl)cc1. The average Bonchev–Trinajstić information content (AvgIpc) is 3.07. The number of nitrogens with one attached hydrogen (secondary N) is 2. The van der Waals surface area contributed by atoms with Crippen LogP contribution >= 0.6 is 11.6 Å². The molecule has 0 aliphatic carbocycles. The fraction of sp³-hybridized carbons (Fsp3) is 0.143. The van der Waals surface area contributed by atoms with Gasteiger partial charge < -0.3 is 4.98 Å². The Labute approximate surface area is 179 Å². The van der Waals surface area contributed by atoms with Gasteiger partial charge in [0.25, 0.3) is 10.2 Å². The highest BCUT2D eigenvalue weighted by Gasteiger charge is 2.20. The monoisotopic (exact) mass is 442 g/mol. The first-order valence-corrected chi connectivity index (χ1v) is 10.9. The number of H-pyrrole nitrogens is 1. The second-order valence-electron chi connectivity index (χ2n) is 6.90. The first-order valence-electron chi connectivity index (χ1n) is 8.93. The molecule has 7 nitrogen and oxygen atoms in total. The molecule has 0 spiro atoms. The number of anilines is 1. The molecule has 154 valence electrons. The molecule has 0 amide bonds. The predicted molar refractivity (Wildman–Crippen MR) is 116 cm³/mol. The minimum Gasteiger partial charge on any atom is -0.355 e.